The minimum absolute atomic E-state index is 0.507. The highest BCUT2D eigenvalue weighted by molar-refractivity contribution is 7.11. The lowest BCUT2D eigenvalue weighted by Crippen LogP contribution is -1.99. The SMILES string of the molecule is CCC(CC)N=Cc1cccs1. The topological polar surface area (TPSA) is 12.4 Å². The molecule has 1 nitrogen and oxygen atoms in total. The van der Waals surface area contributed by atoms with E-state index in [-0.39, 0.29) is 0 Å². The summed E-state index contributed by atoms with van der Waals surface area (Å²) < 4.78 is 0. The maximum atomic E-state index is 4.49. The van der Waals surface area contributed by atoms with Crippen molar-refractivity contribution >= 4 is 17.6 Å². The van der Waals surface area contributed by atoms with E-state index < -0.39 is 0 Å². The van der Waals surface area contributed by atoms with Crippen LogP contribution in [-0.4, -0.2) is 12.3 Å². The van der Waals surface area contributed by atoms with Crippen molar-refractivity contribution < 1.29 is 0 Å². The summed E-state index contributed by atoms with van der Waals surface area (Å²) in [5.74, 6) is 0. The highest BCUT2D eigenvalue weighted by Crippen LogP contribution is 2.07. The van der Waals surface area contributed by atoms with E-state index in [1.165, 1.54) is 4.88 Å². The smallest absolute Gasteiger partial charge is 0.0495 e. The second kappa shape index (κ2) is 5.09. The summed E-state index contributed by atoms with van der Waals surface area (Å²) >= 11 is 1.74. The predicted octanol–water partition coefficient (Wildman–Crippen LogP) is 3.36. The van der Waals surface area contributed by atoms with Gasteiger partial charge in [0.2, 0.25) is 0 Å². The zero-order valence-electron chi connectivity index (χ0n) is 7.66. The molecule has 0 saturated carbocycles. The van der Waals surface area contributed by atoms with Crippen molar-refractivity contribution in [1.29, 1.82) is 0 Å². The van der Waals surface area contributed by atoms with E-state index in [9.17, 15) is 0 Å². The highest BCUT2D eigenvalue weighted by atomic mass is 32.1. The van der Waals surface area contributed by atoms with Crippen LogP contribution in [0.2, 0.25) is 0 Å². The molecule has 0 bridgehead atoms. The zero-order chi connectivity index (χ0) is 8.81. The fraction of sp³-hybridized carbons (Fsp3) is 0.500. The van der Waals surface area contributed by atoms with Crippen LogP contribution in [0.3, 0.4) is 0 Å². The summed E-state index contributed by atoms with van der Waals surface area (Å²) in [4.78, 5) is 5.74. The first-order chi connectivity index (χ1) is 5.86. The molecule has 2 heteroatoms. The molecule has 0 unspecified atom stereocenters. The first-order valence-electron chi connectivity index (χ1n) is 4.43. The van der Waals surface area contributed by atoms with Crippen molar-refractivity contribution in [3.8, 4) is 0 Å². The lowest BCUT2D eigenvalue weighted by molar-refractivity contribution is 0.634. The van der Waals surface area contributed by atoms with Gasteiger partial charge < -0.3 is 0 Å². The van der Waals surface area contributed by atoms with Gasteiger partial charge in [-0.15, -0.1) is 11.3 Å². The van der Waals surface area contributed by atoms with Crippen LogP contribution in [0, 0.1) is 0 Å². The van der Waals surface area contributed by atoms with Crippen molar-refractivity contribution in [3.63, 3.8) is 0 Å². The van der Waals surface area contributed by atoms with E-state index >= 15 is 0 Å². The van der Waals surface area contributed by atoms with Gasteiger partial charge in [-0.1, -0.05) is 19.9 Å². The van der Waals surface area contributed by atoms with E-state index in [0.29, 0.717) is 6.04 Å². The molecule has 12 heavy (non-hydrogen) atoms. The number of aliphatic imine (C=N–C) groups is 1. The van der Waals surface area contributed by atoms with Crippen molar-refractivity contribution in [2.24, 2.45) is 4.99 Å². The Bertz CT molecular complexity index is 222. The molecular formula is C10H15NS. The third-order valence-corrected chi connectivity index (χ3v) is 2.71. The molecule has 0 saturated heterocycles. The standard InChI is InChI=1S/C10H15NS/c1-3-9(4-2)11-8-10-6-5-7-12-10/h5-9H,3-4H2,1-2H3. The average Bonchev–Trinajstić information content (AvgIpc) is 2.59. The fourth-order valence-electron chi connectivity index (χ4n) is 1.04. The van der Waals surface area contributed by atoms with Gasteiger partial charge in [-0.3, -0.25) is 4.99 Å². The Morgan fingerprint density at radius 1 is 1.50 bits per heavy atom. The maximum Gasteiger partial charge on any atom is 0.0495 e. The van der Waals surface area contributed by atoms with E-state index in [0.717, 1.165) is 12.8 Å². The minimum atomic E-state index is 0.507. The van der Waals surface area contributed by atoms with Crippen LogP contribution in [0.4, 0.5) is 0 Å². The average molecular weight is 181 g/mol. The molecule has 0 spiro atoms. The predicted molar refractivity (Wildman–Crippen MR) is 56.3 cm³/mol. The second-order valence-electron chi connectivity index (χ2n) is 2.76. The summed E-state index contributed by atoms with van der Waals surface area (Å²) in [5.41, 5.74) is 0. The molecule has 0 aliphatic heterocycles. The number of rotatable bonds is 4. The largest absolute Gasteiger partial charge is 0.288 e. The molecule has 1 aromatic heterocycles. The number of hydrogen-bond donors (Lipinski definition) is 0. The van der Waals surface area contributed by atoms with Crippen molar-refractivity contribution in [2.75, 3.05) is 0 Å². The fourth-order valence-corrected chi connectivity index (χ4v) is 1.64. The van der Waals surface area contributed by atoms with Crippen molar-refractivity contribution in [3.05, 3.63) is 22.4 Å². The lowest BCUT2D eigenvalue weighted by atomic mass is 10.2. The van der Waals surface area contributed by atoms with Crippen LogP contribution in [0.25, 0.3) is 0 Å². The first kappa shape index (κ1) is 9.46. The maximum absolute atomic E-state index is 4.49. The third-order valence-electron chi connectivity index (χ3n) is 1.90. The Morgan fingerprint density at radius 3 is 2.75 bits per heavy atom. The molecule has 0 atom stereocenters. The molecule has 1 rings (SSSR count). The molecular weight excluding hydrogens is 166 g/mol. The lowest BCUT2D eigenvalue weighted by Gasteiger charge is -2.03. The molecule has 0 amide bonds. The molecule has 1 aromatic rings. The molecule has 0 N–H and O–H groups in total. The second-order valence-corrected chi connectivity index (χ2v) is 3.74. The normalized spacial score (nSPS) is 11.6. The van der Waals surface area contributed by atoms with Gasteiger partial charge in [-0.2, -0.15) is 0 Å². The summed E-state index contributed by atoms with van der Waals surface area (Å²) in [7, 11) is 0. The first-order valence-corrected chi connectivity index (χ1v) is 5.31. The molecule has 0 fully saturated rings. The van der Waals surface area contributed by atoms with E-state index in [1.54, 1.807) is 11.3 Å². The summed E-state index contributed by atoms with van der Waals surface area (Å²) in [6, 6.07) is 4.65. The van der Waals surface area contributed by atoms with Gasteiger partial charge in [-0.25, -0.2) is 0 Å². The number of hydrogen-bond acceptors (Lipinski definition) is 2. The Morgan fingerprint density at radius 2 is 2.25 bits per heavy atom. The minimum Gasteiger partial charge on any atom is -0.288 e. The van der Waals surface area contributed by atoms with Crippen molar-refractivity contribution in [2.45, 2.75) is 32.7 Å². The Hall–Kier alpha value is -0.630. The van der Waals surface area contributed by atoms with Gasteiger partial charge in [0.15, 0.2) is 0 Å². The molecule has 0 radical (unpaired) electrons. The summed E-state index contributed by atoms with van der Waals surface area (Å²) in [6.07, 6.45) is 4.26. The Balaban J connectivity index is 2.49. The van der Waals surface area contributed by atoms with E-state index in [1.807, 2.05) is 6.21 Å². The molecule has 1 heterocycles. The Kier molecular flexibility index (Phi) is 4.01. The van der Waals surface area contributed by atoms with Crippen LogP contribution in [0.15, 0.2) is 22.5 Å². The number of thiophene rings is 1. The zero-order valence-corrected chi connectivity index (χ0v) is 8.47. The molecule has 0 aromatic carbocycles. The van der Waals surface area contributed by atoms with Crippen LogP contribution in [0.5, 0.6) is 0 Å². The van der Waals surface area contributed by atoms with Crippen LogP contribution >= 0.6 is 11.3 Å². The van der Waals surface area contributed by atoms with Crippen molar-refractivity contribution in [1.82, 2.24) is 0 Å². The van der Waals surface area contributed by atoms with Gasteiger partial charge in [0.1, 0.15) is 0 Å². The van der Waals surface area contributed by atoms with Crippen LogP contribution < -0.4 is 0 Å². The van der Waals surface area contributed by atoms with Gasteiger partial charge in [0.05, 0.1) is 0 Å². The Labute approximate surface area is 78.2 Å². The van der Waals surface area contributed by atoms with Gasteiger partial charge in [0.25, 0.3) is 0 Å². The summed E-state index contributed by atoms with van der Waals surface area (Å²) in [5, 5.41) is 2.08. The number of nitrogens with zero attached hydrogens (tertiary/aromatic N) is 1. The van der Waals surface area contributed by atoms with Gasteiger partial charge in [-0.05, 0) is 24.3 Å². The molecule has 66 valence electrons. The third kappa shape index (κ3) is 2.78. The monoisotopic (exact) mass is 181 g/mol. The quantitative estimate of drug-likeness (QED) is 0.632. The van der Waals surface area contributed by atoms with Crippen LogP contribution in [0.1, 0.15) is 31.6 Å². The van der Waals surface area contributed by atoms with Crippen LogP contribution in [-0.2, 0) is 0 Å². The summed E-state index contributed by atoms with van der Waals surface area (Å²) in [6.45, 7) is 4.36. The highest BCUT2D eigenvalue weighted by Gasteiger charge is 1.97. The molecule has 0 aliphatic carbocycles. The van der Waals surface area contributed by atoms with Gasteiger partial charge >= 0.3 is 0 Å². The molecule has 0 aliphatic rings. The van der Waals surface area contributed by atoms with E-state index in [2.05, 4.69) is 36.4 Å². The van der Waals surface area contributed by atoms with Gasteiger partial charge in [0, 0.05) is 17.1 Å². The van der Waals surface area contributed by atoms with E-state index in [4.69, 9.17) is 0 Å².